The highest BCUT2D eigenvalue weighted by molar-refractivity contribution is 7.92. The van der Waals surface area contributed by atoms with Crippen molar-refractivity contribution in [2.24, 2.45) is 5.92 Å². The van der Waals surface area contributed by atoms with Gasteiger partial charge in [-0.1, -0.05) is 0 Å². The molecular weight excluding hydrogens is 590 g/mol. The first-order valence-electron chi connectivity index (χ1n) is 14.2. The molecule has 0 atom stereocenters. The maximum atomic E-state index is 15.1. The number of rotatable bonds is 9. The van der Waals surface area contributed by atoms with Gasteiger partial charge in [0.2, 0.25) is 21.9 Å². The third kappa shape index (κ3) is 6.77. The lowest BCUT2D eigenvalue weighted by molar-refractivity contribution is -0.103. The van der Waals surface area contributed by atoms with Gasteiger partial charge in [-0.05, 0) is 71.7 Å². The van der Waals surface area contributed by atoms with E-state index in [0.29, 0.717) is 12.0 Å². The summed E-state index contributed by atoms with van der Waals surface area (Å²) in [4.78, 5) is 29.1. The normalized spacial score (nSPS) is 20.9. The smallest absolute Gasteiger partial charge is 0.278 e. The molecule has 2 heterocycles. The van der Waals surface area contributed by atoms with E-state index >= 15 is 8.78 Å². The number of aromatic nitrogens is 4. The van der Waals surface area contributed by atoms with Gasteiger partial charge >= 0.3 is 0 Å². The van der Waals surface area contributed by atoms with Gasteiger partial charge in [-0.25, -0.2) is 35.9 Å². The number of sulfonamides is 1. The summed E-state index contributed by atoms with van der Waals surface area (Å²) in [6.45, 7) is 3.53. The van der Waals surface area contributed by atoms with Crippen LogP contribution in [0.3, 0.4) is 0 Å². The third-order valence-corrected chi connectivity index (χ3v) is 9.54. The molecule has 2 aliphatic carbocycles. The average Bonchev–Trinajstić information content (AvgIpc) is 2.89. The van der Waals surface area contributed by atoms with Crippen LogP contribution in [0.2, 0.25) is 0 Å². The number of nitrogens with one attached hydrogen (secondary N) is 2. The molecule has 0 radical (unpaired) electrons. The van der Waals surface area contributed by atoms with Gasteiger partial charge in [-0.15, -0.1) is 0 Å². The van der Waals surface area contributed by atoms with E-state index in [1.54, 1.807) is 13.8 Å². The van der Waals surface area contributed by atoms with E-state index in [9.17, 15) is 22.0 Å². The van der Waals surface area contributed by atoms with E-state index < -0.39 is 69.4 Å². The molecule has 0 amide bonds. The number of hydrogen-bond acceptors (Lipinski definition) is 8. The minimum atomic E-state index is -4.31. The number of nitrogens with zero attached hydrogens (tertiary/aromatic N) is 5. The maximum absolute atomic E-state index is 15.1. The highest BCUT2D eigenvalue weighted by Gasteiger charge is 2.46. The fourth-order valence-electron chi connectivity index (χ4n) is 5.87. The maximum Gasteiger partial charge on any atom is 0.278 e. The fourth-order valence-corrected chi connectivity index (χ4v) is 7.32. The summed E-state index contributed by atoms with van der Waals surface area (Å²) in [6, 6.07) is 1.92. The molecule has 2 fully saturated rings. The Morgan fingerprint density at radius 2 is 1.70 bits per heavy atom. The lowest BCUT2D eigenvalue weighted by Gasteiger charge is -2.34. The van der Waals surface area contributed by atoms with E-state index in [1.807, 2.05) is 4.72 Å². The first-order valence-corrected chi connectivity index (χ1v) is 15.9. The van der Waals surface area contributed by atoms with Crippen LogP contribution in [0.4, 0.5) is 29.2 Å². The van der Waals surface area contributed by atoms with Crippen LogP contribution in [0.15, 0.2) is 23.1 Å². The van der Waals surface area contributed by atoms with Crippen molar-refractivity contribution in [1.29, 1.82) is 0 Å². The highest BCUT2D eigenvalue weighted by Crippen LogP contribution is 2.43. The van der Waals surface area contributed by atoms with E-state index in [0.717, 1.165) is 37.8 Å². The SMILES string of the molecule is CC(C)n1c(=O)c(-c2cc(F)c(NS(=O)(=O)CC3CC(F)(F)C3)c(F)c2)nc2cnc(NC3CCC(N(C)C)CC3)nc21. The number of hydrogen-bond donors (Lipinski definition) is 2. The standard InChI is InChI=1S/C28H35F4N7O3S/c1-15(2)39-25-22(13-33-27(36-25)34-18-5-7-19(8-6-18)38(3)4)35-23(26(39)40)17-9-20(29)24(21(30)10-17)37-43(41,42)14-16-11-28(31,32)12-16/h9-10,13,15-16,18-19,37H,5-8,11-12,14H2,1-4H3,(H,33,34,36). The lowest BCUT2D eigenvalue weighted by Crippen LogP contribution is -2.40. The summed E-state index contributed by atoms with van der Waals surface area (Å²) in [5.74, 6) is -6.65. The summed E-state index contributed by atoms with van der Waals surface area (Å²) in [7, 11) is -0.174. The van der Waals surface area contributed by atoms with Crippen LogP contribution in [0.5, 0.6) is 0 Å². The Balaban J connectivity index is 1.42. The summed E-state index contributed by atoms with van der Waals surface area (Å²) in [6.07, 6.45) is 4.19. The second kappa shape index (κ2) is 11.6. The van der Waals surface area contributed by atoms with Crippen molar-refractivity contribution in [3.8, 4) is 11.3 Å². The van der Waals surface area contributed by atoms with E-state index in [2.05, 4.69) is 39.3 Å². The molecule has 2 saturated carbocycles. The summed E-state index contributed by atoms with van der Waals surface area (Å²) in [5, 5.41) is 3.35. The van der Waals surface area contributed by atoms with Gasteiger partial charge in [0.1, 0.15) is 16.9 Å². The van der Waals surface area contributed by atoms with Crippen LogP contribution in [-0.2, 0) is 10.0 Å². The molecule has 2 aliphatic rings. The number of anilines is 2. The Labute approximate surface area is 247 Å². The Bertz CT molecular complexity index is 1660. The number of alkyl halides is 2. The van der Waals surface area contributed by atoms with Crippen LogP contribution in [0, 0.1) is 17.6 Å². The van der Waals surface area contributed by atoms with Gasteiger partial charge in [0.15, 0.2) is 17.3 Å². The number of halogens is 4. The molecule has 43 heavy (non-hydrogen) atoms. The zero-order valence-corrected chi connectivity index (χ0v) is 25.2. The molecule has 0 saturated heterocycles. The van der Waals surface area contributed by atoms with Gasteiger partial charge in [0.05, 0.1) is 11.9 Å². The predicted molar refractivity (Wildman–Crippen MR) is 156 cm³/mol. The van der Waals surface area contributed by atoms with Crippen molar-refractivity contribution in [2.75, 3.05) is 29.9 Å². The summed E-state index contributed by atoms with van der Waals surface area (Å²) in [5.41, 5.74) is -1.59. The first-order chi connectivity index (χ1) is 20.1. The molecule has 2 aromatic heterocycles. The monoisotopic (exact) mass is 625 g/mol. The molecule has 0 spiro atoms. The number of benzene rings is 1. The van der Waals surface area contributed by atoms with Crippen molar-refractivity contribution in [2.45, 2.75) is 76.4 Å². The largest absolute Gasteiger partial charge is 0.351 e. The van der Waals surface area contributed by atoms with Crippen molar-refractivity contribution in [3.05, 3.63) is 40.3 Å². The Hall–Kier alpha value is -3.33. The molecule has 0 unspecified atom stereocenters. The molecule has 3 aromatic rings. The minimum Gasteiger partial charge on any atom is -0.351 e. The highest BCUT2D eigenvalue weighted by atomic mass is 32.2. The van der Waals surface area contributed by atoms with Crippen molar-refractivity contribution >= 4 is 32.8 Å². The molecule has 0 aliphatic heterocycles. The van der Waals surface area contributed by atoms with Gasteiger partial charge in [0, 0.05) is 36.5 Å². The fraction of sp³-hybridized carbons (Fsp3) is 0.571. The Kier molecular flexibility index (Phi) is 8.42. The molecule has 15 heteroatoms. The predicted octanol–water partition coefficient (Wildman–Crippen LogP) is 4.78. The van der Waals surface area contributed by atoms with E-state index in [4.69, 9.17) is 0 Å². The molecular formula is C28H35F4N7O3S. The van der Waals surface area contributed by atoms with Crippen molar-refractivity contribution < 1.29 is 26.0 Å². The molecule has 1 aromatic carbocycles. The molecule has 5 rings (SSSR count). The first kappa shape index (κ1) is 31.1. The Morgan fingerprint density at radius 1 is 1.07 bits per heavy atom. The van der Waals surface area contributed by atoms with Gasteiger partial charge in [0.25, 0.3) is 5.56 Å². The topological polar surface area (TPSA) is 122 Å². The van der Waals surface area contributed by atoms with Crippen LogP contribution >= 0.6 is 0 Å². The minimum absolute atomic E-state index is 0.177. The quantitative estimate of drug-likeness (QED) is 0.326. The van der Waals surface area contributed by atoms with Gasteiger partial charge in [-0.3, -0.25) is 14.1 Å². The number of fused-ring (bicyclic) bond motifs is 1. The third-order valence-electron chi connectivity index (χ3n) is 8.11. The van der Waals surface area contributed by atoms with Gasteiger partial charge < -0.3 is 10.2 Å². The second-order valence-corrected chi connectivity index (χ2v) is 13.8. The second-order valence-electron chi connectivity index (χ2n) is 12.1. The van der Waals surface area contributed by atoms with Gasteiger partial charge in [-0.2, -0.15) is 4.98 Å². The van der Waals surface area contributed by atoms with E-state index in [1.165, 1.54) is 10.8 Å². The lowest BCUT2D eigenvalue weighted by atomic mass is 9.83. The molecule has 10 nitrogen and oxygen atoms in total. The van der Waals surface area contributed by atoms with E-state index in [-0.39, 0.29) is 28.5 Å². The summed E-state index contributed by atoms with van der Waals surface area (Å²) < 4.78 is 84.4. The Morgan fingerprint density at radius 3 is 2.26 bits per heavy atom. The summed E-state index contributed by atoms with van der Waals surface area (Å²) >= 11 is 0. The van der Waals surface area contributed by atoms with Crippen LogP contribution < -0.4 is 15.6 Å². The van der Waals surface area contributed by atoms with Crippen LogP contribution in [0.25, 0.3) is 22.4 Å². The molecule has 0 bridgehead atoms. The average molecular weight is 626 g/mol. The van der Waals surface area contributed by atoms with Crippen molar-refractivity contribution in [1.82, 2.24) is 24.4 Å². The molecule has 234 valence electrons. The van der Waals surface area contributed by atoms with Crippen molar-refractivity contribution in [3.63, 3.8) is 0 Å². The van der Waals surface area contributed by atoms with Crippen LogP contribution in [0.1, 0.15) is 58.4 Å². The molecule has 2 N–H and O–H groups in total. The zero-order chi connectivity index (χ0) is 31.3. The zero-order valence-electron chi connectivity index (χ0n) is 24.4. The van der Waals surface area contributed by atoms with Crippen LogP contribution in [-0.4, -0.2) is 70.7 Å².